The number of rotatable bonds is 6. The van der Waals surface area contributed by atoms with Crippen molar-refractivity contribution in [2.24, 2.45) is 11.8 Å². The molecule has 0 saturated carbocycles. The molecule has 2 aromatic rings. The highest BCUT2D eigenvalue weighted by Gasteiger charge is 2.48. The number of methoxy groups -OCH3 is 1. The molecule has 2 unspecified atom stereocenters. The zero-order valence-corrected chi connectivity index (χ0v) is 16.8. The smallest absolute Gasteiger partial charge is 0.338 e. The van der Waals surface area contributed by atoms with E-state index in [2.05, 4.69) is 0 Å². The Kier molecular flexibility index (Phi) is 7.01. The molecular weight excluding hydrogens is 372 g/mol. The Morgan fingerprint density at radius 3 is 2.21 bits per heavy atom. The Balaban J connectivity index is 1.71. The second-order valence-electron chi connectivity index (χ2n) is 7.16. The van der Waals surface area contributed by atoms with E-state index < -0.39 is 30.4 Å². The molecule has 0 radical (unpaired) electrons. The van der Waals surface area contributed by atoms with Crippen molar-refractivity contribution >= 4 is 11.9 Å². The third kappa shape index (κ3) is 5.02. The van der Waals surface area contributed by atoms with Crippen LogP contribution in [0.3, 0.4) is 0 Å². The first-order valence-electron chi connectivity index (χ1n) is 9.66. The van der Waals surface area contributed by atoms with E-state index in [9.17, 15) is 9.59 Å². The predicted octanol–water partition coefficient (Wildman–Crippen LogP) is 3.60. The van der Waals surface area contributed by atoms with Gasteiger partial charge in [0.05, 0.1) is 17.6 Å². The molecule has 154 valence electrons. The van der Waals surface area contributed by atoms with E-state index >= 15 is 0 Å². The van der Waals surface area contributed by atoms with Gasteiger partial charge in [-0.05, 0) is 24.6 Å². The molecule has 0 bridgehead atoms. The SMILES string of the molecule is CO[C@H]1OC(C)[C@@H](C(=O)OCc2ccccc2)[C@H](C)C1OC(=O)c1ccccc1. The summed E-state index contributed by atoms with van der Waals surface area (Å²) in [5, 5.41) is 0. The van der Waals surface area contributed by atoms with Crippen LogP contribution >= 0.6 is 0 Å². The number of carbonyl (C=O) groups is 2. The summed E-state index contributed by atoms with van der Waals surface area (Å²) in [5.74, 6) is -1.80. The quantitative estimate of drug-likeness (QED) is 0.693. The maximum atomic E-state index is 12.8. The fraction of sp³-hybridized carbons (Fsp3) is 0.391. The molecule has 2 aromatic carbocycles. The van der Waals surface area contributed by atoms with E-state index in [-0.39, 0.29) is 18.5 Å². The lowest BCUT2D eigenvalue weighted by molar-refractivity contribution is -0.259. The average Bonchev–Trinajstić information content (AvgIpc) is 2.75. The van der Waals surface area contributed by atoms with Crippen LogP contribution in [0.5, 0.6) is 0 Å². The number of esters is 2. The van der Waals surface area contributed by atoms with Crippen molar-refractivity contribution in [3.8, 4) is 0 Å². The van der Waals surface area contributed by atoms with Crippen LogP contribution in [0.15, 0.2) is 60.7 Å². The van der Waals surface area contributed by atoms with E-state index in [0.29, 0.717) is 5.56 Å². The zero-order valence-electron chi connectivity index (χ0n) is 16.8. The summed E-state index contributed by atoms with van der Waals surface area (Å²) in [5.41, 5.74) is 1.33. The van der Waals surface area contributed by atoms with E-state index in [1.165, 1.54) is 7.11 Å². The van der Waals surface area contributed by atoms with Crippen molar-refractivity contribution in [2.45, 2.75) is 39.0 Å². The molecule has 0 N–H and O–H groups in total. The number of ether oxygens (including phenoxy) is 4. The van der Waals surface area contributed by atoms with Crippen molar-refractivity contribution in [3.05, 3.63) is 71.8 Å². The highest BCUT2D eigenvalue weighted by molar-refractivity contribution is 5.89. The minimum atomic E-state index is -0.758. The Hall–Kier alpha value is -2.70. The van der Waals surface area contributed by atoms with Gasteiger partial charge in [0.2, 0.25) is 0 Å². The van der Waals surface area contributed by atoms with Crippen molar-refractivity contribution < 1.29 is 28.5 Å². The van der Waals surface area contributed by atoms with Crippen LogP contribution in [0.4, 0.5) is 0 Å². The molecule has 1 heterocycles. The highest BCUT2D eigenvalue weighted by Crippen LogP contribution is 2.34. The first-order valence-corrected chi connectivity index (χ1v) is 9.66. The Morgan fingerprint density at radius 1 is 0.966 bits per heavy atom. The van der Waals surface area contributed by atoms with Crippen molar-refractivity contribution in [1.82, 2.24) is 0 Å². The molecule has 5 atom stereocenters. The third-order valence-electron chi connectivity index (χ3n) is 5.19. The molecular formula is C23H26O6. The van der Waals surface area contributed by atoms with Crippen LogP contribution in [0.25, 0.3) is 0 Å². The van der Waals surface area contributed by atoms with E-state index in [1.807, 2.05) is 43.3 Å². The Bertz CT molecular complexity index is 807. The normalized spacial score (nSPS) is 26.5. The molecule has 3 rings (SSSR count). The third-order valence-corrected chi connectivity index (χ3v) is 5.19. The Labute approximate surface area is 170 Å². The molecule has 1 fully saturated rings. The highest BCUT2D eigenvalue weighted by atomic mass is 16.7. The summed E-state index contributed by atoms with van der Waals surface area (Å²) in [6.07, 6.45) is -1.94. The first-order chi connectivity index (χ1) is 14.0. The van der Waals surface area contributed by atoms with Crippen molar-refractivity contribution in [2.75, 3.05) is 7.11 Å². The molecule has 0 aliphatic carbocycles. The van der Waals surface area contributed by atoms with Gasteiger partial charge in [0.25, 0.3) is 0 Å². The van der Waals surface area contributed by atoms with Gasteiger partial charge in [-0.2, -0.15) is 0 Å². The summed E-state index contributed by atoms with van der Waals surface area (Å²) < 4.78 is 22.4. The van der Waals surface area contributed by atoms with Crippen LogP contribution in [-0.4, -0.2) is 37.5 Å². The largest absolute Gasteiger partial charge is 0.461 e. The summed E-state index contributed by atoms with van der Waals surface area (Å²) in [6.45, 7) is 3.83. The molecule has 0 amide bonds. The van der Waals surface area contributed by atoms with E-state index in [1.54, 1.807) is 31.2 Å². The summed E-state index contributed by atoms with van der Waals surface area (Å²) in [6, 6.07) is 18.2. The lowest BCUT2D eigenvalue weighted by atomic mass is 9.82. The lowest BCUT2D eigenvalue weighted by Crippen LogP contribution is -2.54. The molecule has 6 nitrogen and oxygen atoms in total. The monoisotopic (exact) mass is 398 g/mol. The Morgan fingerprint density at radius 2 is 1.59 bits per heavy atom. The number of carbonyl (C=O) groups excluding carboxylic acids is 2. The van der Waals surface area contributed by atoms with Gasteiger partial charge in [0.1, 0.15) is 6.61 Å². The van der Waals surface area contributed by atoms with Gasteiger partial charge < -0.3 is 18.9 Å². The lowest BCUT2D eigenvalue weighted by Gasteiger charge is -2.42. The van der Waals surface area contributed by atoms with Crippen LogP contribution in [0, 0.1) is 11.8 Å². The minimum absolute atomic E-state index is 0.178. The van der Waals surface area contributed by atoms with Crippen LogP contribution < -0.4 is 0 Å². The fourth-order valence-corrected chi connectivity index (χ4v) is 3.60. The number of hydrogen-bond donors (Lipinski definition) is 0. The molecule has 6 heteroatoms. The molecule has 0 spiro atoms. The van der Waals surface area contributed by atoms with Gasteiger partial charge in [-0.25, -0.2) is 4.79 Å². The topological polar surface area (TPSA) is 71.1 Å². The maximum absolute atomic E-state index is 12.8. The standard InChI is InChI=1S/C23H26O6/c1-15-19(22(25)27-14-17-10-6-4-7-11-17)16(2)28-23(26-3)20(15)29-21(24)18-12-8-5-9-13-18/h4-13,15-16,19-20,23H,14H2,1-3H3/t15-,16?,19-,20?,23-/m0/s1. The number of benzene rings is 2. The van der Waals surface area contributed by atoms with Gasteiger partial charge in [0, 0.05) is 13.0 Å². The fourth-order valence-electron chi connectivity index (χ4n) is 3.60. The maximum Gasteiger partial charge on any atom is 0.338 e. The predicted molar refractivity (Wildman–Crippen MR) is 106 cm³/mol. The van der Waals surface area contributed by atoms with Gasteiger partial charge in [-0.1, -0.05) is 55.5 Å². The molecule has 1 aliphatic heterocycles. The van der Waals surface area contributed by atoms with Crippen LogP contribution in [0.2, 0.25) is 0 Å². The molecule has 1 aliphatic rings. The molecule has 0 aromatic heterocycles. The van der Waals surface area contributed by atoms with Crippen LogP contribution in [-0.2, 0) is 30.3 Å². The van der Waals surface area contributed by atoms with E-state index in [0.717, 1.165) is 5.56 Å². The van der Waals surface area contributed by atoms with Crippen molar-refractivity contribution in [3.63, 3.8) is 0 Å². The van der Waals surface area contributed by atoms with E-state index in [4.69, 9.17) is 18.9 Å². The zero-order chi connectivity index (χ0) is 20.8. The molecule has 29 heavy (non-hydrogen) atoms. The second-order valence-corrected chi connectivity index (χ2v) is 7.16. The van der Waals surface area contributed by atoms with Gasteiger partial charge in [-0.3, -0.25) is 4.79 Å². The average molecular weight is 398 g/mol. The van der Waals surface area contributed by atoms with Gasteiger partial charge >= 0.3 is 11.9 Å². The number of hydrogen-bond acceptors (Lipinski definition) is 6. The molecule has 1 saturated heterocycles. The van der Waals surface area contributed by atoms with Crippen molar-refractivity contribution in [1.29, 1.82) is 0 Å². The van der Waals surface area contributed by atoms with Crippen LogP contribution in [0.1, 0.15) is 29.8 Å². The summed E-state index contributed by atoms with van der Waals surface area (Å²) in [7, 11) is 1.49. The summed E-state index contributed by atoms with van der Waals surface area (Å²) in [4.78, 5) is 25.3. The minimum Gasteiger partial charge on any atom is -0.461 e. The van der Waals surface area contributed by atoms with Gasteiger partial charge in [0.15, 0.2) is 12.4 Å². The summed E-state index contributed by atoms with van der Waals surface area (Å²) >= 11 is 0. The first kappa shape index (κ1) is 21.0. The van der Waals surface area contributed by atoms with Gasteiger partial charge in [-0.15, -0.1) is 0 Å². The second kappa shape index (κ2) is 9.67.